The smallest absolute Gasteiger partial charge is 0.331 e. The summed E-state index contributed by atoms with van der Waals surface area (Å²) in [6.07, 6.45) is 5.67. The van der Waals surface area contributed by atoms with E-state index in [0.29, 0.717) is 0 Å². The van der Waals surface area contributed by atoms with Crippen LogP contribution in [0.25, 0.3) is 0 Å². The number of carbonyl (C=O) groups excluding carboxylic acids is 2. The Balaban J connectivity index is 4.35. The van der Waals surface area contributed by atoms with Crippen molar-refractivity contribution in [1.29, 1.82) is 0 Å². The van der Waals surface area contributed by atoms with Crippen LogP contribution in [0.3, 0.4) is 0 Å². The molecule has 116 valence electrons. The van der Waals surface area contributed by atoms with E-state index in [-0.39, 0.29) is 0 Å². The molecule has 20 heavy (non-hydrogen) atoms. The molecule has 0 rings (SSSR count). The fourth-order valence-electron chi connectivity index (χ4n) is 2.05. The monoisotopic (exact) mass is 284 g/mol. The van der Waals surface area contributed by atoms with Gasteiger partial charge in [-0.05, 0) is 40.5 Å². The second kappa shape index (κ2) is 8.08. The largest absolute Gasteiger partial charge is 0.457 e. The lowest BCUT2D eigenvalue weighted by molar-refractivity contribution is -0.153. The van der Waals surface area contributed by atoms with Gasteiger partial charge >= 0.3 is 11.9 Å². The molecule has 0 aliphatic heterocycles. The molecule has 0 radical (unpaired) electrons. The summed E-state index contributed by atoms with van der Waals surface area (Å²) in [5.41, 5.74) is -1.02. The predicted molar refractivity (Wildman–Crippen MR) is 79.3 cm³/mol. The second-order valence-corrected chi connectivity index (χ2v) is 6.19. The van der Waals surface area contributed by atoms with E-state index in [4.69, 9.17) is 9.47 Å². The topological polar surface area (TPSA) is 52.6 Å². The molecule has 0 N–H and O–H groups in total. The number of esters is 2. The molecule has 0 aliphatic carbocycles. The van der Waals surface area contributed by atoms with Crippen LogP contribution >= 0.6 is 0 Å². The third kappa shape index (κ3) is 8.73. The number of carbonyl (C=O) groups is 2. The normalized spacial score (nSPS) is 12.5. The van der Waals surface area contributed by atoms with Crippen LogP contribution in [0.1, 0.15) is 67.2 Å². The molecule has 0 bridgehead atoms. The zero-order valence-corrected chi connectivity index (χ0v) is 13.6. The molecule has 0 unspecified atom stereocenters. The van der Waals surface area contributed by atoms with Crippen LogP contribution in [0, 0.1) is 0 Å². The van der Waals surface area contributed by atoms with E-state index in [1.54, 1.807) is 0 Å². The quantitative estimate of drug-likeness (QED) is 0.502. The average Bonchev–Trinajstić information content (AvgIpc) is 2.24. The minimum atomic E-state index is -0.520. The molecule has 0 spiro atoms. The molecule has 0 heterocycles. The first-order chi connectivity index (χ1) is 9.12. The third-order valence-electron chi connectivity index (χ3n) is 2.81. The Kier molecular flexibility index (Phi) is 7.54. The van der Waals surface area contributed by atoms with Gasteiger partial charge in [0.1, 0.15) is 11.2 Å². The summed E-state index contributed by atoms with van der Waals surface area (Å²) in [4.78, 5) is 23.2. The summed E-state index contributed by atoms with van der Waals surface area (Å²) in [5, 5.41) is 0. The van der Waals surface area contributed by atoms with Crippen LogP contribution in [-0.2, 0) is 19.1 Å². The van der Waals surface area contributed by atoms with Crippen molar-refractivity contribution in [2.75, 3.05) is 0 Å². The molecule has 0 aromatic carbocycles. The highest BCUT2D eigenvalue weighted by molar-refractivity contribution is 5.91. The van der Waals surface area contributed by atoms with Crippen molar-refractivity contribution < 1.29 is 19.1 Å². The fraction of sp³-hybridized carbons (Fsp3) is 0.750. The second-order valence-electron chi connectivity index (χ2n) is 6.19. The Morgan fingerprint density at radius 2 is 1.10 bits per heavy atom. The minimum absolute atomic E-state index is 0.512. The summed E-state index contributed by atoms with van der Waals surface area (Å²) < 4.78 is 10.5. The SMILES string of the molecule is CCCC(C)(C)OC(=O)/C=C\C(=O)OC(C)(C)CCC. The van der Waals surface area contributed by atoms with Gasteiger partial charge < -0.3 is 9.47 Å². The maximum Gasteiger partial charge on any atom is 0.331 e. The maximum absolute atomic E-state index is 11.6. The van der Waals surface area contributed by atoms with Crippen LogP contribution in [0.5, 0.6) is 0 Å². The van der Waals surface area contributed by atoms with E-state index < -0.39 is 23.1 Å². The van der Waals surface area contributed by atoms with Gasteiger partial charge in [0.05, 0.1) is 0 Å². The highest BCUT2D eigenvalue weighted by Gasteiger charge is 2.22. The standard InChI is InChI=1S/C16H28O4/c1-7-11-15(3,4)19-13(17)9-10-14(18)20-16(5,6)12-8-2/h9-10H,7-8,11-12H2,1-6H3/b10-9-. The molecule has 0 amide bonds. The Morgan fingerprint density at radius 3 is 1.35 bits per heavy atom. The van der Waals surface area contributed by atoms with Gasteiger partial charge in [-0.3, -0.25) is 0 Å². The van der Waals surface area contributed by atoms with Gasteiger partial charge in [0.15, 0.2) is 0 Å². The molecule has 0 aliphatic rings. The lowest BCUT2D eigenvalue weighted by atomic mass is 10.0. The molecular weight excluding hydrogens is 256 g/mol. The molecule has 0 fully saturated rings. The van der Waals surface area contributed by atoms with E-state index in [2.05, 4.69) is 0 Å². The van der Waals surface area contributed by atoms with E-state index in [0.717, 1.165) is 37.8 Å². The first-order valence-corrected chi connectivity index (χ1v) is 7.26. The zero-order valence-electron chi connectivity index (χ0n) is 13.6. The van der Waals surface area contributed by atoms with Crippen molar-refractivity contribution in [3.05, 3.63) is 12.2 Å². The van der Waals surface area contributed by atoms with Gasteiger partial charge in [-0.2, -0.15) is 0 Å². The summed E-state index contributed by atoms with van der Waals surface area (Å²) in [5.74, 6) is -1.04. The van der Waals surface area contributed by atoms with Crippen LogP contribution in [0.2, 0.25) is 0 Å². The van der Waals surface area contributed by atoms with Gasteiger partial charge in [0.25, 0.3) is 0 Å². The maximum atomic E-state index is 11.6. The van der Waals surface area contributed by atoms with Crippen molar-refractivity contribution in [2.24, 2.45) is 0 Å². The van der Waals surface area contributed by atoms with Gasteiger partial charge in [0, 0.05) is 12.2 Å². The van der Waals surface area contributed by atoms with Gasteiger partial charge in [0.2, 0.25) is 0 Å². The van der Waals surface area contributed by atoms with E-state index in [1.165, 1.54) is 0 Å². The molecule has 0 aromatic rings. The van der Waals surface area contributed by atoms with Crippen LogP contribution in [0.15, 0.2) is 12.2 Å². The number of hydrogen-bond donors (Lipinski definition) is 0. The molecule has 4 heteroatoms. The first-order valence-electron chi connectivity index (χ1n) is 7.26. The van der Waals surface area contributed by atoms with E-state index in [1.807, 2.05) is 41.5 Å². The molecular formula is C16H28O4. The molecule has 0 aromatic heterocycles. The lowest BCUT2D eigenvalue weighted by Gasteiger charge is -2.24. The summed E-state index contributed by atoms with van der Waals surface area (Å²) in [6.45, 7) is 11.5. The van der Waals surface area contributed by atoms with Crippen molar-refractivity contribution in [1.82, 2.24) is 0 Å². The number of ether oxygens (including phenoxy) is 2. The van der Waals surface area contributed by atoms with E-state index >= 15 is 0 Å². The van der Waals surface area contributed by atoms with Crippen molar-refractivity contribution in [3.63, 3.8) is 0 Å². The highest BCUT2D eigenvalue weighted by Crippen LogP contribution is 2.18. The average molecular weight is 284 g/mol. The number of hydrogen-bond acceptors (Lipinski definition) is 4. The van der Waals surface area contributed by atoms with Crippen molar-refractivity contribution in [2.45, 2.75) is 78.4 Å². The molecule has 0 saturated carbocycles. The first kappa shape index (κ1) is 18.7. The molecule has 4 nitrogen and oxygen atoms in total. The minimum Gasteiger partial charge on any atom is -0.457 e. The Bertz CT molecular complexity index is 319. The van der Waals surface area contributed by atoms with Gasteiger partial charge in [-0.25, -0.2) is 9.59 Å². The Hall–Kier alpha value is -1.32. The van der Waals surface area contributed by atoms with Crippen molar-refractivity contribution >= 4 is 11.9 Å². The third-order valence-corrected chi connectivity index (χ3v) is 2.81. The van der Waals surface area contributed by atoms with Crippen LogP contribution in [-0.4, -0.2) is 23.1 Å². The predicted octanol–water partition coefficient (Wildman–Crippen LogP) is 3.79. The van der Waals surface area contributed by atoms with Crippen LogP contribution in [0.4, 0.5) is 0 Å². The summed E-state index contributed by atoms with van der Waals surface area (Å²) in [7, 11) is 0. The van der Waals surface area contributed by atoms with Gasteiger partial charge in [-0.1, -0.05) is 26.7 Å². The van der Waals surface area contributed by atoms with Gasteiger partial charge in [-0.15, -0.1) is 0 Å². The van der Waals surface area contributed by atoms with Crippen LogP contribution < -0.4 is 0 Å². The summed E-state index contributed by atoms with van der Waals surface area (Å²) >= 11 is 0. The Labute approximate surface area is 122 Å². The highest BCUT2D eigenvalue weighted by atomic mass is 16.6. The number of rotatable bonds is 8. The molecule has 0 atom stereocenters. The fourth-order valence-corrected chi connectivity index (χ4v) is 2.05. The van der Waals surface area contributed by atoms with E-state index in [9.17, 15) is 9.59 Å². The lowest BCUT2D eigenvalue weighted by Crippen LogP contribution is -2.28. The summed E-state index contributed by atoms with van der Waals surface area (Å²) in [6, 6.07) is 0. The molecule has 0 saturated heterocycles. The van der Waals surface area contributed by atoms with Crippen molar-refractivity contribution in [3.8, 4) is 0 Å². The Morgan fingerprint density at radius 1 is 0.800 bits per heavy atom. The zero-order chi connectivity index (χ0) is 15.8.